The van der Waals surface area contributed by atoms with Gasteiger partial charge in [0.1, 0.15) is 5.75 Å². The molecular weight excluding hydrogens is 250 g/mol. The van der Waals surface area contributed by atoms with E-state index in [9.17, 15) is 8.78 Å². The summed E-state index contributed by atoms with van der Waals surface area (Å²) in [5, 5.41) is 3.27. The number of halogens is 2. The van der Waals surface area contributed by atoms with Crippen LogP contribution in [0.15, 0.2) is 48.8 Å². The van der Waals surface area contributed by atoms with Crippen molar-refractivity contribution in [1.29, 1.82) is 0 Å². The Balaban J connectivity index is 1.99. The van der Waals surface area contributed by atoms with Crippen LogP contribution in [0.1, 0.15) is 18.5 Å². The first kappa shape index (κ1) is 13.3. The van der Waals surface area contributed by atoms with Crippen molar-refractivity contribution in [2.75, 3.05) is 5.32 Å². The van der Waals surface area contributed by atoms with Gasteiger partial charge in [0.2, 0.25) is 0 Å². The normalized spacial score (nSPS) is 12.2. The lowest BCUT2D eigenvalue weighted by Crippen LogP contribution is -2.06. The van der Waals surface area contributed by atoms with E-state index in [1.54, 1.807) is 24.5 Å². The minimum Gasteiger partial charge on any atom is -0.435 e. The van der Waals surface area contributed by atoms with Gasteiger partial charge < -0.3 is 10.1 Å². The van der Waals surface area contributed by atoms with Gasteiger partial charge >= 0.3 is 6.61 Å². The second-order valence-electron chi connectivity index (χ2n) is 4.05. The number of nitrogens with zero attached hydrogens (tertiary/aromatic N) is 1. The quantitative estimate of drug-likeness (QED) is 0.890. The van der Waals surface area contributed by atoms with Gasteiger partial charge in [-0.15, -0.1) is 0 Å². The largest absolute Gasteiger partial charge is 0.435 e. The summed E-state index contributed by atoms with van der Waals surface area (Å²) in [4.78, 5) is 3.96. The number of nitrogens with one attached hydrogen (secondary N) is 1. The maximum Gasteiger partial charge on any atom is 0.387 e. The van der Waals surface area contributed by atoms with Crippen molar-refractivity contribution in [2.24, 2.45) is 0 Å². The predicted molar refractivity (Wildman–Crippen MR) is 69.3 cm³/mol. The number of hydrogen-bond acceptors (Lipinski definition) is 3. The molecule has 2 aromatic rings. The van der Waals surface area contributed by atoms with Crippen molar-refractivity contribution in [3.05, 3.63) is 54.4 Å². The van der Waals surface area contributed by atoms with E-state index in [0.717, 1.165) is 11.3 Å². The zero-order valence-corrected chi connectivity index (χ0v) is 10.4. The van der Waals surface area contributed by atoms with Crippen LogP contribution >= 0.6 is 0 Å². The third kappa shape index (κ3) is 3.91. The highest BCUT2D eigenvalue weighted by molar-refractivity contribution is 5.48. The molecule has 1 unspecified atom stereocenters. The maximum absolute atomic E-state index is 12.0. The number of hydrogen-bond donors (Lipinski definition) is 1. The Kier molecular flexibility index (Phi) is 4.28. The molecule has 0 amide bonds. The summed E-state index contributed by atoms with van der Waals surface area (Å²) < 4.78 is 28.3. The Labute approximate surface area is 110 Å². The summed E-state index contributed by atoms with van der Waals surface area (Å²) in [6.07, 6.45) is 3.46. The summed E-state index contributed by atoms with van der Waals surface area (Å²) in [7, 11) is 0. The van der Waals surface area contributed by atoms with E-state index in [4.69, 9.17) is 0 Å². The first-order valence-electron chi connectivity index (χ1n) is 5.86. The van der Waals surface area contributed by atoms with Gasteiger partial charge in [-0.2, -0.15) is 8.78 Å². The SMILES string of the molecule is CC(Nc1ccc(OC(F)F)cc1)c1ccncc1. The van der Waals surface area contributed by atoms with Gasteiger partial charge in [0.15, 0.2) is 0 Å². The first-order valence-corrected chi connectivity index (χ1v) is 5.86. The summed E-state index contributed by atoms with van der Waals surface area (Å²) in [5.41, 5.74) is 1.94. The summed E-state index contributed by atoms with van der Waals surface area (Å²) >= 11 is 0. The van der Waals surface area contributed by atoms with E-state index in [1.807, 2.05) is 19.1 Å². The number of ether oxygens (including phenoxy) is 1. The van der Waals surface area contributed by atoms with Crippen molar-refractivity contribution in [3.63, 3.8) is 0 Å². The van der Waals surface area contributed by atoms with E-state index in [0.29, 0.717) is 0 Å². The molecule has 1 atom stereocenters. The van der Waals surface area contributed by atoms with Gasteiger partial charge in [0.25, 0.3) is 0 Å². The Morgan fingerprint density at radius 3 is 2.26 bits per heavy atom. The molecule has 0 bridgehead atoms. The van der Waals surface area contributed by atoms with Crippen molar-refractivity contribution in [1.82, 2.24) is 4.98 Å². The molecular formula is C14H14F2N2O. The molecule has 0 aliphatic heterocycles. The van der Waals surface area contributed by atoms with Gasteiger partial charge in [0.05, 0.1) is 0 Å². The Morgan fingerprint density at radius 2 is 1.68 bits per heavy atom. The highest BCUT2D eigenvalue weighted by Gasteiger charge is 2.06. The van der Waals surface area contributed by atoms with Crippen LogP contribution in [0.3, 0.4) is 0 Å². The molecule has 1 aromatic heterocycles. The van der Waals surface area contributed by atoms with Crippen LogP contribution in [0.5, 0.6) is 5.75 Å². The molecule has 0 fully saturated rings. The Bertz CT molecular complexity index is 503. The van der Waals surface area contributed by atoms with Crippen LogP contribution in [0, 0.1) is 0 Å². The van der Waals surface area contributed by atoms with E-state index < -0.39 is 6.61 Å². The predicted octanol–water partition coefficient (Wildman–Crippen LogP) is 3.86. The lowest BCUT2D eigenvalue weighted by Gasteiger charge is -2.15. The number of anilines is 1. The standard InChI is InChI=1S/C14H14F2N2O/c1-10(11-6-8-17-9-7-11)18-12-2-4-13(5-3-12)19-14(15)16/h2-10,14,18H,1H3. The Hall–Kier alpha value is -2.17. The van der Waals surface area contributed by atoms with Gasteiger partial charge in [-0.3, -0.25) is 4.98 Å². The van der Waals surface area contributed by atoms with Gasteiger partial charge in [-0.1, -0.05) is 0 Å². The maximum atomic E-state index is 12.0. The van der Waals surface area contributed by atoms with Gasteiger partial charge in [-0.25, -0.2) is 0 Å². The molecule has 0 spiro atoms. The van der Waals surface area contributed by atoms with E-state index >= 15 is 0 Å². The van der Waals surface area contributed by atoms with Crippen molar-refractivity contribution >= 4 is 5.69 Å². The molecule has 0 saturated carbocycles. The molecule has 19 heavy (non-hydrogen) atoms. The molecule has 0 aliphatic carbocycles. The molecule has 0 saturated heterocycles. The summed E-state index contributed by atoms with van der Waals surface area (Å²) in [6.45, 7) is -0.784. The minimum absolute atomic E-state index is 0.102. The van der Waals surface area contributed by atoms with Gasteiger partial charge in [0, 0.05) is 24.1 Å². The average molecular weight is 264 g/mol. The van der Waals surface area contributed by atoms with Crippen molar-refractivity contribution in [3.8, 4) is 5.75 Å². The fourth-order valence-corrected chi connectivity index (χ4v) is 1.72. The number of pyridine rings is 1. The molecule has 2 rings (SSSR count). The van der Waals surface area contributed by atoms with Crippen LogP contribution in [-0.2, 0) is 0 Å². The monoisotopic (exact) mass is 264 g/mol. The molecule has 0 radical (unpaired) electrons. The minimum atomic E-state index is -2.80. The first-order chi connectivity index (χ1) is 9.15. The van der Waals surface area contributed by atoms with E-state index in [-0.39, 0.29) is 11.8 Å². The Morgan fingerprint density at radius 1 is 1.05 bits per heavy atom. The average Bonchev–Trinajstić information content (AvgIpc) is 2.41. The fraction of sp³-hybridized carbons (Fsp3) is 0.214. The fourth-order valence-electron chi connectivity index (χ4n) is 1.72. The van der Waals surface area contributed by atoms with Crippen LogP contribution < -0.4 is 10.1 Å². The molecule has 100 valence electrons. The second-order valence-corrected chi connectivity index (χ2v) is 4.05. The molecule has 1 aromatic carbocycles. The zero-order chi connectivity index (χ0) is 13.7. The second kappa shape index (κ2) is 6.13. The van der Waals surface area contributed by atoms with Gasteiger partial charge in [-0.05, 0) is 48.9 Å². The zero-order valence-electron chi connectivity index (χ0n) is 10.4. The number of benzene rings is 1. The number of aromatic nitrogens is 1. The molecule has 3 nitrogen and oxygen atoms in total. The van der Waals surface area contributed by atoms with Crippen LogP contribution in [0.4, 0.5) is 14.5 Å². The van der Waals surface area contributed by atoms with E-state index in [2.05, 4.69) is 15.0 Å². The lowest BCUT2D eigenvalue weighted by molar-refractivity contribution is -0.0498. The lowest BCUT2D eigenvalue weighted by atomic mass is 10.1. The topological polar surface area (TPSA) is 34.1 Å². The highest BCUT2D eigenvalue weighted by atomic mass is 19.3. The molecule has 1 heterocycles. The smallest absolute Gasteiger partial charge is 0.387 e. The number of alkyl halides is 2. The van der Waals surface area contributed by atoms with Crippen molar-refractivity contribution < 1.29 is 13.5 Å². The summed E-state index contributed by atoms with van der Waals surface area (Å²) in [5.74, 6) is 0.150. The third-order valence-electron chi connectivity index (χ3n) is 2.67. The van der Waals surface area contributed by atoms with E-state index in [1.165, 1.54) is 12.1 Å². The third-order valence-corrected chi connectivity index (χ3v) is 2.67. The molecule has 1 N–H and O–H groups in total. The van der Waals surface area contributed by atoms with Crippen LogP contribution in [0.25, 0.3) is 0 Å². The highest BCUT2D eigenvalue weighted by Crippen LogP contribution is 2.22. The van der Waals surface area contributed by atoms with Crippen LogP contribution in [0.2, 0.25) is 0 Å². The molecule has 5 heteroatoms. The number of rotatable bonds is 5. The van der Waals surface area contributed by atoms with Crippen molar-refractivity contribution in [2.45, 2.75) is 19.6 Å². The molecule has 0 aliphatic rings. The summed E-state index contributed by atoms with van der Waals surface area (Å²) in [6, 6.07) is 10.4. The van der Waals surface area contributed by atoms with Crippen LogP contribution in [-0.4, -0.2) is 11.6 Å².